The maximum absolute atomic E-state index is 13.7. The van der Waals surface area contributed by atoms with Crippen LogP contribution >= 0.6 is 0 Å². The van der Waals surface area contributed by atoms with E-state index in [0.717, 1.165) is 18.5 Å². The number of hydrogen-bond donors (Lipinski definition) is 0. The molecule has 0 N–H and O–H groups in total. The van der Waals surface area contributed by atoms with E-state index in [1.807, 2.05) is 36.4 Å². The molecule has 1 aromatic heterocycles. The van der Waals surface area contributed by atoms with Crippen LogP contribution in [0.25, 0.3) is 23.0 Å². The highest BCUT2D eigenvalue weighted by Crippen LogP contribution is 2.37. The van der Waals surface area contributed by atoms with Crippen molar-refractivity contribution in [3.05, 3.63) is 87.1 Å². The van der Waals surface area contributed by atoms with Crippen molar-refractivity contribution in [2.45, 2.75) is 38.6 Å². The minimum atomic E-state index is -0.560. The lowest BCUT2D eigenvalue weighted by atomic mass is 9.92. The summed E-state index contributed by atoms with van der Waals surface area (Å²) < 4.78 is 6.77. The summed E-state index contributed by atoms with van der Waals surface area (Å²) in [7, 11) is 1.36. The van der Waals surface area contributed by atoms with Gasteiger partial charge in [0.2, 0.25) is 0 Å². The Balaban J connectivity index is 1.71. The van der Waals surface area contributed by atoms with Gasteiger partial charge in [-0.15, -0.1) is 0 Å². The highest BCUT2D eigenvalue weighted by atomic mass is 16.6. The minimum absolute atomic E-state index is 0.0650. The van der Waals surface area contributed by atoms with Gasteiger partial charge in [-0.2, -0.15) is 10.4 Å². The number of imide groups is 1. The van der Waals surface area contributed by atoms with Crippen molar-refractivity contribution in [3.63, 3.8) is 0 Å². The minimum Gasteiger partial charge on any atom is -0.490 e. The number of carbonyl (C=O) groups excluding carboxylic acids is 2. The van der Waals surface area contributed by atoms with Gasteiger partial charge < -0.3 is 4.74 Å². The summed E-state index contributed by atoms with van der Waals surface area (Å²) in [5, 5.41) is 26.2. The van der Waals surface area contributed by atoms with Gasteiger partial charge in [0.1, 0.15) is 17.3 Å². The average molecular weight is 524 g/mol. The quantitative estimate of drug-likeness (QED) is 0.192. The molecule has 2 heterocycles. The first-order chi connectivity index (χ1) is 18.8. The van der Waals surface area contributed by atoms with E-state index in [1.54, 1.807) is 29.9 Å². The molecule has 39 heavy (non-hydrogen) atoms. The molecule has 0 atom stereocenters. The van der Waals surface area contributed by atoms with Crippen molar-refractivity contribution < 1.29 is 19.2 Å². The van der Waals surface area contributed by atoms with Gasteiger partial charge in [0.15, 0.2) is 5.75 Å². The molecule has 196 valence electrons. The summed E-state index contributed by atoms with van der Waals surface area (Å²) in [5.74, 6) is -0.908. The number of methoxy groups -OCH3 is 1. The lowest BCUT2D eigenvalue weighted by Gasteiger charge is -2.32. The monoisotopic (exact) mass is 523 g/mol. The molecule has 1 saturated carbocycles. The summed E-state index contributed by atoms with van der Waals surface area (Å²) in [6.45, 7) is 1.59. The van der Waals surface area contributed by atoms with Crippen LogP contribution < -0.4 is 4.74 Å². The van der Waals surface area contributed by atoms with Crippen molar-refractivity contribution in [1.29, 1.82) is 5.26 Å². The van der Waals surface area contributed by atoms with E-state index >= 15 is 0 Å². The Labute approximate surface area is 224 Å². The Kier molecular flexibility index (Phi) is 6.81. The number of nitrogens with zero attached hydrogens (tertiary/aromatic N) is 5. The third kappa shape index (κ3) is 4.59. The van der Waals surface area contributed by atoms with Gasteiger partial charge in [-0.3, -0.25) is 24.6 Å². The molecular weight excluding hydrogens is 498 g/mol. The van der Waals surface area contributed by atoms with E-state index in [4.69, 9.17) is 9.84 Å². The Bertz CT molecular complexity index is 1590. The zero-order valence-electron chi connectivity index (χ0n) is 21.5. The molecule has 5 rings (SSSR count). The Morgan fingerprint density at radius 3 is 2.49 bits per heavy atom. The molecule has 2 aliphatic rings. The number of nitro groups is 1. The maximum atomic E-state index is 13.7. The van der Waals surface area contributed by atoms with Crippen LogP contribution in [0.4, 0.5) is 5.69 Å². The summed E-state index contributed by atoms with van der Waals surface area (Å²) in [4.78, 5) is 39.2. The predicted octanol–water partition coefficient (Wildman–Crippen LogP) is 4.99. The smallest absolute Gasteiger partial charge is 0.311 e. The number of nitro benzene ring substituents is 1. The molecular formula is C29H25N5O5. The summed E-state index contributed by atoms with van der Waals surface area (Å²) in [5.41, 5.74) is 2.30. The molecule has 10 heteroatoms. The van der Waals surface area contributed by atoms with E-state index in [1.165, 1.54) is 24.1 Å². The van der Waals surface area contributed by atoms with E-state index in [0.29, 0.717) is 35.2 Å². The zero-order valence-corrected chi connectivity index (χ0v) is 21.5. The van der Waals surface area contributed by atoms with Crippen molar-refractivity contribution in [1.82, 2.24) is 14.7 Å². The molecule has 1 aliphatic carbocycles. The van der Waals surface area contributed by atoms with Gasteiger partial charge in [-0.05, 0) is 55.7 Å². The van der Waals surface area contributed by atoms with Gasteiger partial charge in [-0.1, -0.05) is 31.0 Å². The normalized spacial score (nSPS) is 17.2. The Morgan fingerprint density at radius 1 is 1.13 bits per heavy atom. The van der Waals surface area contributed by atoms with Gasteiger partial charge in [0.25, 0.3) is 11.8 Å². The number of amides is 2. The predicted molar refractivity (Wildman–Crippen MR) is 143 cm³/mol. The van der Waals surface area contributed by atoms with Crippen LogP contribution in [0, 0.1) is 21.4 Å². The third-order valence-electron chi connectivity index (χ3n) is 7.17. The van der Waals surface area contributed by atoms with Crippen molar-refractivity contribution in [3.8, 4) is 28.8 Å². The fraction of sp³-hybridized carbons (Fsp3) is 0.241. The fourth-order valence-electron chi connectivity index (χ4n) is 5.16. The van der Waals surface area contributed by atoms with Crippen LogP contribution in [0.15, 0.2) is 71.4 Å². The largest absolute Gasteiger partial charge is 0.490 e. The second kappa shape index (κ2) is 10.4. The fourth-order valence-corrected chi connectivity index (χ4v) is 5.16. The van der Waals surface area contributed by atoms with Gasteiger partial charge in [0.05, 0.1) is 17.7 Å². The number of para-hydroxylation sites is 1. The average Bonchev–Trinajstić information content (AvgIpc) is 3.62. The van der Waals surface area contributed by atoms with Crippen molar-refractivity contribution >= 4 is 23.6 Å². The van der Waals surface area contributed by atoms with Crippen LogP contribution in [0.1, 0.15) is 38.2 Å². The lowest BCUT2D eigenvalue weighted by molar-refractivity contribution is -0.385. The van der Waals surface area contributed by atoms with Crippen LogP contribution in [-0.2, 0) is 9.59 Å². The molecule has 0 spiro atoms. The third-order valence-corrected chi connectivity index (χ3v) is 7.17. The SMILES string of the molecule is COc1ccc(-c2nn(-c3ccccc3)cc2/C=C2/C(=O)N(C3CCCC3)C(=O)C(C#N)=C2C)cc1[N+](=O)[O-]. The number of ether oxygens (including phenoxy) is 1. The van der Waals surface area contributed by atoms with Crippen molar-refractivity contribution in [2.75, 3.05) is 7.11 Å². The van der Waals surface area contributed by atoms with E-state index < -0.39 is 16.7 Å². The number of aromatic nitrogens is 2. The zero-order chi connectivity index (χ0) is 27.7. The van der Waals surface area contributed by atoms with Crippen LogP contribution in [0.2, 0.25) is 0 Å². The van der Waals surface area contributed by atoms with Gasteiger partial charge in [-0.25, -0.2) is 4.68 Å². The molecule has 0 bridgehead atoms. The molecule has 3 aromatic rings. The number of benzene rings is 2. The number of rotatable bonds is 6. The molecule has 2 amide bonds. The second-order valence-electron chi connectivity index (χ2n) is 9.45. The molecule has 0 saturated heterocycles. The van der Waals surface area contributed by atoms with Crippen LogP contribution in [-0.4, -0.2) is 44.6 Å². The first kappa shape index (κ1) is 25.6. The molecule has 10 nitrogen and oxygen atoms in total. The van der Waals surface area contributed by atoms with Gasteiger partial charge in [0, 0.05) is 35.0 Å². The maximum Gasteiger partial charge on any atom is 0.311 e. The highest BCUT2D eigenvalue weighted by Gasteiger charge is 2.40. The number of carbonyl (C=O) groups is 2. The first-order valence-electron chi connectivity index (χ1n) is 12.5. The second-order valence-corrected chi connectivity index (χ2v) is 9.45. The Hall–Kier alpha value is -5.04. The molecule has 0 unspecified atom stereocenters. The molecule has 1 fully saturated rings. The van der Waals surface area contributed by atoms with Crippen LogP contribution in [0.3, 0.4) is 0 Å². The lowest BCUT2D eigenvalue weighted by Crippen LogP contribution is -2.47. The van der Waals surface area contributed by atoms with E-state index in [2.05, 4.69) is 0 Å². The summed E-state index contributed by atoms with van der Waals surface area (Å²) >= 11 is 0. The molecule has 1 aliphatic heterocycles. The van der Waals surface area contributed by atoms with Crippen molar-refractivity contribution in [2.24, 2.45) is 0 Å². The summed E-state index contributed by atoms with van der Waals surface area (Å²) in [6, 6.07) is 15.6. The number of nitriles is 1. The van der Waals surface area contributed by atoms with E-state index in [9.17, 15) is 25.0 Å². The molecule has 0 radical (unpaired) electrons. The molecule has 2 aromatic carbocycles. The number of hydrogen-bond acceptors (Lipinski definition) is 7. The first-order valence-corrected chi connectivity index (χ1v) is 12.5. The summed E-state index contributed by atoms with van der Waals surface area (Å²) in [6.07, 6.45) is 6.56. The highest BCUT2D eigenvalue weighted by molar-refractivity contribution is 6.20. The van der Waals surface area contributed by atoms with E-state index in [-0.39, 0.29) is 28.6 Å². The Morgan fingerprint density at radius 2 is 1.85 bits per heavy atom. The standard InChI is InChI=1S/C29H25N5O5/c1-18-23(28(35)33(22-10-6-7-11-22)29(36)24(18)16-30)14-20-17-32(21-8-4-3-5-9-21)31-27(20)19-12-13-26(39-2)25(15-19)34(37)38/h3-5,8-9,12-15,17,22H,6-7,10-11H2,1-2H3/b23-14+. The van der Waals surface area contributed by atoms with Gasteiger partial charge >= 0.3 is 5.69 Å². The van der Waals surface area contributed by atoms with Crippen LogP contribution in [0.5, 0.6) is 5.75 Å². The topological polar surface area (TPSA) is 131 Å².